The SMILES string of the molecule is C=c1c(C(C)(C)C)cc(C(C)(C)C)c/c1=c1/cc(C(C)(C)C)cc(C(C)(C)C)c1=C. The van der Waals surface area contributed by atoms with Gasteiger partial charge in [0.1, 0.15) is 0 Å². The lowest BCUT2D eigenvalue weighted by Gasteiger charge is -2.27. The summed E-state index contributed by atoms with van der Waals surface area (Å²) in [6.07, 6.45) is 0. The van der Waals surface area contributed by atoms with Crippen molar-refractivity contribution in [1.82, 2.24) is 0 Å². The average Bonchev–Trinajstić information content (AvgIpc) is 2.51. The zero-order chi connectivity index (χ0) is 23.4. The first kappa shape index (κ1) is 24.4. The Morgan fingerprint density at radius 2 is 0.700 bits per heavy atom. The van der Waals surface area contributed by atoms with Crippen LogP contribution in [0.15, 0.2) is 24.3 Å². The van der Waals surface area contributed by atoms with Crippen LogP contribution in [0.2, 0.25) is 0 Å². The Kier molecular flexibility index (Phi) is 6.03. The molecule has 0 saturated carbocycles. The minimum absolute atomic E-state index is 0.0307. The van der Waals surface area contributed by atoms with Gasteiger partial charge in [0.25, 0.3) is 0 Å². The lowest BCUT2D eigenvalue weighted by molar-refractivity contribution is 0.562. The first-order valence-corrected chi connectivity index (χ1v) is 11.3. The van der Waals surface area contributed by atoms with Crippen molar-refractivity contribution in [2.75, 3.05) is 0 Å². The standard InChI is InChI=1S/C30H44/c1-19-23(15-21(27(3,4)5)17-25(19)29(9,10)11)24-16-22(28(6,7)8)18-26(20(24)2)30(12,13)14/h15-18H,1-2H2,3-14H3/b24-23+. The monoisotopic (exact) mass is 404 g/mol. The third-order valence-corrected chi connectivity index (χ3v) is 6.14. The largest absolute Gasteiger partial charge is 0.0908 e. The zero-order valence-corrected chi connectivity index (χ0v) is 21.7. The first-order chi connectivity index (χ1) is 13.2. The molecule has 0 heteroatoms. The Morgan fingerprint density at radius 1 is 0.433 bits per heavy atom. The van der Waals surface area contributed by atoms with Crippen LogP contribution in [-0.2, 0) is 21.7 Å². The highest BCUT2D eigenvalue weighted by Gasteiger charge is 2.23. The molecule has 0 saturated heterocycles. The summed E-state index contributed by atoms with van der Waals surface area (Å²) < 4.78 is 0. The maximum absolute atomic E-state index is 4.58. The average molecular weight is 405 g/mol. The summed E-state index contributed by atoms with van der Waals surface area (Å²) in [5.41, 5.74) is 5.55. The smallest absolute Gasteiger partial charge is 0.0105 e. The molecular formula is C30H44. The van der Waals surface area contributed by atoms with Crippen LogP contribution in [0.4, 0.5) is 0 Å². The van der Waals surface area contributed by atoms with Gasteiger partial charge in [-0.25, -0.2) is 0 Å². The van der Waals surface area contributed by atoms with Gasteiger partial charge < -0.3 is 0 Å². The summed E-state index contributed by atoms with van der Waals surface area (Å²) in [4.78, 5) is 0. The molecule has 164 valence electrons. The van der Waals surface area contributed by atoms with Gasteiger partial charge in [-0.3, -0.25) is 0 Å². The second-order valence-electron chi connectivity index (χ2n) is 13.1. The molecule has 0 spiro atoms. The molecule has 0 heterocycles. The molecule has 0 unspecified atom stereocenters. The minimum atomic E-state index is 0.0307. The normalized spacial score (nSPS) is 14.8. The van der Waals surface area contributed by atoms with E-state index in [9.17, 15) is 0 Å². The Balaban J connectivity index is 3.32. The third-order valence-electron chi connectivity index (χ3n) is 6.14. The van der Waals surface area contributed by atoms with E-state index in [2.05, 4.69) is 121 Å². The van der Waals surface area contributed by atoms with Crippen LogP contribution in [0.25, 0.3) is 13.2 Å². The summed E-state index contributed by atoms with van der Waals surface area (Å²) in [7, 11) is 0. The second kappa shape index (κ2) is 7.40. The van der Waals surface area contributed by atoms with E-state index in [-0.39, 0.29) is 21.7 Å². The third kappa shape index (κ3) is 4.90. The van der Waals surface area contributed by atoms with Crippen LogP contribution >= 0.6 is 0 Å². The first-order valence-electron chi connectivity index (χ1n) is 11.3. The molecule has 0 bridgehead atoms. The number of hydrogen-bond acceptors (Lipinski definition) is 0. The van der Waals surface area contributed by atoms with Crippen LogP contribution < -0.4 is 10.4 Å². The molecule has 0 aliphatic rings. The van der Waals surface area contributed by atoms with Crippen molar-refractivity contribution in [3.05, 3.63) is 67.4 Å². The van der Waals surface area contributed by atoms with E-state index in [1.807, 2.05) is 0 Å². The van der Waals surface area contributed by atoms with E-state index in [4.69, 9.17) is 0 Å². The Labute approximate surface area is 185 Å². The van der Waals surface area contributed by atoms with Gasteiger partial charge in [0.2, 0.25) is 0 Å². The fourth-order valence-corrected chi connectivity index (χ4v) is 4.03. The van der Waals surface area contributed by atoms with Crippen molar-refractivity contribution in [2.45, 2.75) is 105 Å². The topological polar surface area (TPSA) is 0 Å². The molecule has 0 aromatic heterocycles. The van der Waals surface area contributed by atoms with Crippen LogP contribution in [0.3, 0.4) is 0 Å². The fourth-order valence-electron chi connectivity index (χ4n) is 4.03. The van der Waals surface area contributed by atoms with Gasteiger partial charge in [-0.2, -0.15) is 0 Å². The Bertz CT molecular complexity index is 1040. The molecule has 30 heavy (non-hydrogen) atoms. The van der Waals surface area contributed by atoms with E-state index in [0.717, 1.165) is 10.4 Å². The predicted molar refractivity (Wildman–Crippen MR) is 136 cm³/mol. The van der Waals surface area contributed by atoms with Crippen molar-refractivity contribution < 1.29 is 0 Å². The van der Waals surface area contributed by atoms with E-state index in [1.165, 1.54) is 32.7 Å². The van der Waals surface area contributed by atoms with E-state index in [1.54, 1.807) is 0 Å². The van der Waals surface area contributed by atoms with Gasteiger partial charge >= 0.3 is 0 Å². The summed E-state index contributed by atoms with van der Waals surface area (Å²) >= 11 is 0. The van der Waals surface area contributed by atoms with Gasteiger partial charge in [-0.05, 0) is 64.8 Å². The molecule has 0 aliphatic carbocycles. The van der Waals surface area contributed by atoms with Crippen LogP contribution in [-0.4, -0.2) is 0 Å². The van der Waals surface area contributed by atoms with Gasteiger partial charge in [0.05, 0.1) is 0 Å². The minimum Gasteiger partial charge on any atom is -0.0908 e. The van der Waals surface area contributed by atoms with Crippen molar-refractivity contribution >= 4 is 13.2 Å². The van der Waals surface area contributed by atoms with Crippen molar-refractivity contribution in [1.29, 1.82) is 0 Å². The highest BCUT2D eigenvalue weighted by atomic mass is 14.3. The summed E-state index contributed by atoms with van der Waals surface area (Å²) in [6, 6.07) is 9.46. The number of benzene rings is 2. The van der Waals surface area contributed by atoms with Gasteiger partial charge in [-0.1, -0.05) is 121 Å². The van der Waals surface area contributed by atoms with Gasteiger partial charge in [-0.15, -0.1) is 0 Å². The van der Waals surface area contributed by atoms with E-state index < -0.39 is 0 Å². The molecule has 0 N–H and O–H groups in total. The van der Waals surface area contributed by atoms with Crippen LogP contribution in [0.1, 0.15) is 105 Å². The zero-order valence-electron chi connectivity index (χ0n) is 21.7. The maximum atomic E-state index is 4.58. The number of hydrogen-bond donors (Lipinski definition) is 0. The quantitative estimate of drug-likeness (QED) is 0.444. The fraction of sp³-hybridized carbons (Fsp3) is 0.533. The van der Waals surface area contributed by atoms with E-state index in [0.29, 0.717) is 0 Å². The molecule has 0 aliphatic heterocycles. The second-order valence-corrected chi connectivity index (χ2v) is 13.1. The molecule has 0 fully saturated rings. The van der Waals surface area contributed by atoms with Gasteiger partial charge in [0.15, 0.2) is 0 Å². The summed E-state index contributed by atoms with van der Waals surface area (Å²) in [5.74, 6) is 0. The molecule has 2 rings (SSSR count). The lowest BCUT2D eigenvalue weighted by Crippen LogP contribution is -2.28. The molecule has 2 aromatic carbocycles. The van der Waals surface area contributed by atoms with Crippen molar-refractivity contribution in [2.24, 2.45) is 0 Å². The highest BCUT2D eigenvalue weighted by Crippen LogP contribution is 2.29. The molecule has 2 aromatic rings. The summed E-state index contributed by atoms with van der Waals surface area (Å²) in [6.45, 7) is 36.6. The predicted octanol–water partition coefficient (Wildman–Crippen LogP) is 6.98. The van der Waals surface area contributed by atoms with Crippen molar-refractivity contribution in [3.63, 3.8) is 0 Å². The highest BCUT2D eigenvalue weighted by molar-refractivity contribution is 5.41. The molecular weight excluding hydrogens is 360 g/mol. The Hall–Kier alpha value is -1.82. The molecule has 0 nitrogen and oxygen atoms in total. The number of rotatable bonds is 0. The Morgan fingerprint density at radius 3 is 0.900 bits per heavy atom. The maximum Gasteiger partial charge on any atom is -0.0105 e. The molecule has 0 atom stereocenters. The lowest BCUT2D eigenvalue weighted by atomic mass is 9.77. The van der Waals surface area contributed by atoms with Crippen LogP contribution in [0, 0.1) is 10.4 Å². The summed E-state index contributed by atoms with van der Waals surface area (Å²) in [5, 5.41) is 4.72. The van der Waals surface area contributed by atoms with E-state index >= 15 is 0 Å². The van der Waals surface area contributed by atoms with Crippen LogP contribution in [0.5, 0.6) is 0 Å². The molecule has 0 radical (unpaired) electrons. The van der Waals surface area contributed by atoms with Gasteiger partial charge in [0, 0.05) is 0 Å². The van der Waals surface area contributed by atoms with Crippen molar-refractivity contribution in [3.8, 4) is 0 Å². The molecule has 0 amide bonds.